The van der Waals surface area contributed by atoms with Crippen molar-refractivity contribution in [2.24, 2.45) is 0 Å². The maximum atomic E-state index is 10.8. The van der Waals surface area contributed by atoms with Gasteiger partial charge in [0, 0.05) is 22.4 Å². The first kappa shape index (κ1) is 9.15. The molecule has 2 rings (SSSR count). The standard InChI is InChI=1S/C10H7BrN2O/c11-9-1-2-10(8(5-9)6-14)13-4-3-12-7-13/h1-7H. The van der Waals surface area contributed by atoms with Crippen LogP contribution < -0.4 is 0 Å². The molecule has 0 saturated heterocycles. The highest BCUT2D eigenvalue weighted by atomic mass is 79.9. The number of hydrogen-bond acceptors (Lipinski definition) is 2. The summed E-state index contributed by atoms with van der Waals surface area (Å²) < 4.78 is 2.69. The van der Waals surface area contributed by atoms with E-state index in [1.54, 1.807) is 29.4 Å². The van der Waals surface area contributed by atoms with Crippen molar-refractivity contribution in [1.82, 2.24) is 9.55 Å². The first-order chi connectivity index (χ1) is 6.81. The predicted molar refractivity (Wildman–Crippen MR) is 56.7 cm³/mol. The zero-order valence-corrected chi connectivity index (χ0v) is 8.81. The van der Waals surface area contributed by atoms with E-state index in [-0.39, 0.29) is 0 Å². The van der Waals surface area contributed by atoms with Crippen LogP contribution in [0.25, 0.3) is 5.69 Å². The van der Waals surface area contributed by atoms with Crippen molar-refractivity contribution in [2.75, 3.05) is 0 Å². The fourth-order valence-corrected chi connectivity index (χ4v) is 1.64. The van der Waals surface area contributed by atoms with E-state index in [2.05, 4.69) is 20.9 Å². The zero-order valence-electron chi connectivity index (χ0n) is 7.22. The van der Waals surface area contributed by atoms with E-state index in [4.69, 9.17) is 0 Å². The van der Waals surface area contributed by atoms with E-state index >= 15 is 0 Å². The van der Waals surface area contributed by atoms with Gasteiger partial charge in [-0.2, -0.15) is 0 Å². The van der Waals surface area contributed by atoms with Crippen molar-refractivity contribution >= 4 is 22.2 Å². The number of halogens is 1. The van der Waals surface area contributed by atoms with Crippen molar-refractivity contribution in [3.05, 3.63) is 47.0 Å². The molecule has 0 saturated carbocycles. The second-order valence-corrected chi connectivity index (χ2v) is 3.71. The van der Waals surface area contributed by atoms with Gasteiger partial charge in [0.05, 0.1) is 12.0 Å². The molecule has 1 aromatic carbocycles. The Bertz CT molecular complexity index is 451. The molecule has 14 heavy (non-hydrogen) atoms. The van der Waals surface area contributed by atoms with Crippen LogP contribution in [0.2, 0.25) is 0 Å². The van der Waals surface area contributed by atoms with E-state index in [1.165, 1.54) is 0 Å². The lowest BCUT2D eigenvalue weighted by Crippen LogP contribution is -1.95. The summed E-state index contributed by atoms with van der Waals surface area (Å²) in [7, 11) is 0. The number of hydrogen-bond donors (Lipinski definition) is 0. The normalized spacial score (nSPS) is 10.1. The van der Waals surface area contributed by atoms with Gasteiger partial charge in [-0.1, -0.05) is 15.9 Å². The quantitative estimate of drug-likeness (QED) is 0.768. The van der Waals surface area contributed by atoms with E-state index in [1.807, 2.05) is 12.1 Å². The lowest BCUT2D eigenvalue weighted by molar-refractivity contribution is 0.112. The Morgan fingerprint density at radius 1 is 1.43 bits per heavy atom. The van der Waals surface area contributed by atoms with Gasteiger partial charge in [0.15, 0.2) is 6.29 Å². The van der Waals surface area contributed by atoms with Gasteiger partial charge >= 0.3 is 0 Å². The molecule has 0 radical (unpaired) electrons. The molecular weight excluding hydrogens is 244 g/mol. The number of aromatic nitrogens is 2. The number of carbonyl (C=O) groups excluding carboxylic acids is 1. The summed E-state index contributed by atoms with van der Waals surface area (Å²) in [5.74, 6) is 0. The summed E-state index contributed by atoms with van der Waals surface area (Å²) in [5, 5.41) is 0. The number of rotatable bonds is 2. The summed E-state index contributed by atoms with van der Waals surface area (Å²) in [6.07, 6.45) is 5.98. The molecule has 1 heterocycles. The molecular formula is C10H7BrN2O. The van der Waals surface area contributed by atoms with Crippen molar-refractivity contribution < 1.29 is 4.79 Å². The van der Waals surface area contributed by atoms with Crippen LogP contribution in [0, 0.1) is 0 Å². The topological polar surface area (TPSA) is 34.9 Å². The van der Waals surface area contributed by atoms with E-state index < -0.39 is 0 Å². The third kappa shape index (κ3) is 1.61. The smallest absolute Gasteiger partial charge is 0.152 e. The van der Waals surface area contributed by atoms with Crippen LogP contribution >= 0.6 is 15.9 Å². The fraction of sp³-hybridized carbons (Fsp3) is 0. The molecule has 0 fully saturated rings. The minimum Gasteiger partial charge on any atom is -0.306 e. The van der Waals surface area contributed by atoms with Crippen LogP contribution in [0.4, 0.5) is 0 Å². The lowest BCUT2D eigenvalue weighted by atomic mass is 10.2. The molecule has 2 aromatic rings. The third-order valence-corrected chi connectivity index (χ3v) is 2.39. The average molecular weight is 251 g/mol. The summed E-state index contributed by atoms with van der Waals surface area (Å²) in [6, 6.07) is 5.54. The molecule has 3 nitrogen and oxygen atoms in total. The highest BCUT2D eigenvalue weighted by molar-refractivity contribution is 9.10. The van der Waals surface area contributed by atoms with Crippen LogP contribution in [0.15, 0.2) is 41.4 Å². The third-order valence-electron chi connectivity index (χ3n) is 1.90. The molecule has 0 unspecified atom stereocenters. The van der Waals surface area contributed by atoms with Gasteiger partial charge in [0.1, 0.15) is 0 Å². The monoisotopic (exact) mass is 250 g/mol. The molecule has 0 bridgehead atoms. The van der Waals surface area contributed by atoms with Gasteiger partial charge in [0.25, 0.3) is 0 Å². The molecule has 0 spiro atoms. The van der Waals surface area contributed by atoms with Crippen molar-refractivity contribution in [2.45, 2.75) is 0 Å². The predicted octanol–water partition coefficient (Wildman–Crippen LogP) is 2.45. The molecule has 4 heteroatoms. The Hall–Kier alpha value is -1.42. The van der Waals surface area contributed by atoms with E-state index in [0.29, 0.717) is 5.56 Å². The highest BCUT2D eigenvalue weighted by Gasteiger charge is 2.03. The van der Waals surface area contributed by atoms with Gasteiger partial charge < -0.3 is 4.57 Å². The Labute approximate surface area is 89.5 Å². The second kappa shape index (κ2) is 3.75. The maximum Gasteiger partial charge on any atom is 0.152 e. The fourth-order valence-electron chi connectivity index (χ4n) is 1.26. The number of benzene rings is 1. The Kier molecular flexibility index (Phi) is 2.45. The Morgan fingerprint density at radius 3 is 2.93 bits per heavy atom. The van der Waals surface area contributed by atoms with Gasteiger partial charge in [-0.05, 0) is 18.2 Å². The van der Waals surface area contributed by atoms with Crippen LogP contribution in [0.1, 0.15) is 10.4 Å². The molecule has 0 aliphatic carbocycles. The van der Waals surface area contributed by atoms with Crippen LogP contribution in [-0.2, 0) is 0 Å². The van der Waals surface area contributed by atoms with Gasteiger partial charge in [0.2, 0.25) is 0 Å². The maximum absolute atomic E-state index is 10.8. The lowest BCUT2D eigenvalue weighted by Gasteiger charge is -2.05. The average Bonchev–Trinajstić information content (AvgIpc) is 2.70. The highest BCUT2D eigenvalue weighted by Crippen LogP contribution is 2.18. The Morgan fingerprint density at radius 2 is 2.29 bits per heavy atom. The van der Waals surface area contributed by atoms with Gasteiger partial charge in [-0.25, -0.2) is 4.98 Å². The van der Waals surface area contributed by atoms with Crippen LogP contribution in [0.3, 0.4) is 0 Å². The number of aldehydes is 1. The zero-order chi connectivity index (χ0) is 9.97. The van der Waals surface area contributed by atoms with Gasteiger partial charge in [-0.15, -0.1) is 0 Å². The number of imidazole rings is 1. The minimum atomic E-state index is 0.636. The van der Waals surface area contributed by atoms with Crippen LogP contribution in [0.5, 0.6) is 0 Å². The molecule has 0 aliphatic rings. The largest absolute Gasteiger partial charge is 0.306 e. The molecule has 0 aliphatic heterocycles. The summed E-state index contributed by atoms with van der Waals surface area (Å²) >= 11 is 3.32. The SMILES string of the molecule is O=Cc1cc(Br)ccc1-n1ccnc1. The second-order valence-electron chi connectivity index (χ2n) is 2.79. The minimum absolute atomic E-state index is 0.636. The van der Waals surface area contributed by atoms with Crippen molar-refractivity contribution in [1.29, 1.82) is 0 Å². The number of carbonyl (C=O) groups is 1. The molecule has 1 aromatic heterocycles. The summed E-state index contributed by atoms with van der Waals surface area (Å²) in [5.41, 5.74) is 1.47. The van der Waals surface area contributed by atoms with Crippen LogP contribution in [-0.4, -0.2) is 15.8 Å². The molecule has 0 amide bonds. The van der Waals surface area contributed by atoms with E-state index in [0.717, 1.165) is 16.4 Å². The summed E-state index contributed by atoms with van der Waals surface area (Å²) in [4.78, 5) is 14.8. The Balaban J connectivity index is 2.58. The number of nitrogens with zero attached hydrogens (tertiary/aromatic N) is 2. The first-order valence-electron chi connectivity index (χ1n) is 4.04. The van der Waals surface area contributed by atoms with Crippen molar-refractivity contribution in [3.63, 3.8) is 0 Å². The summed E-state index contributed by atoms with van der Waals surface area (Å²) in [6.45, 7) is 0. The van der Waals surface area contributed by atoms with Gasteiger partial charge in [-0.3, -0.25) is 4.79 Å². The van der Waals surface area contributed by atoms with Crippen molar-refractivity contribution in [3.8, 4) is 5.69 Å². The first-order valence-corrected chi connectivity index (χ1v) is 4.83. The molecule has 70 valence electrons. The molecule has 0 N–H and O–H groups in total. The molecule has 0 atom stereocenters. The van der Waals surface area contributed by atoms with E-state index in [9.17, 15) is 4.79 Å².